The minimum atomic E-state index is 0.294. The molecule has 0 radical (unpaired) electrons. The van der Waals surface area contributed by atoms with Gasteiger partial charge in [-0.15, -0.1) is 0 Å². The van der Waals surface area contributed by atoms with Crippen molar-refractivity contribution < 1.29 is 0 Å². The molecule has 1 unspecified atom stereocenters. The number of nitrogens with zero attached hydrogens (tertiary/aromatic N) is 2. The Labute approximate surface area is 89.1 Å². The van der Waals surface area contributed by atoms with Gasteiger partial charge in [0.2, 0.25) is 0 Å². The predicted molar refractivity (Wildman–Crippen MR) is 61.1 cm³/mol. The van der Waals surface area contributed by atoms with E-state index in [2.05, 4.69) is 28.0 Å². The highest BCUT2D eigenvalue weighted by molar-refractivity contribution is 5.74. The van der Waals surface area contributed by atoms with Crippen molar-refractivity contribution in [3.63, 3.8) is 0 Å². The summed E-state index contributed by atoms with van der Waals surface area (Å²) in [4.78, 5) is 4.33. The van der Waals surface area contributed by atoms with Crippen LogP contribution in [0.15, 0.2) is 30.6 Å². The molecular formula is C11H16N4. The van der Waals surface area contributed by atoms with E-state index in [-0.39, 0.29) is 0 Å². The van der Waals surface area contributed by atoms with Gasteiger partial charge in [-0.2, -0.15) is 0 Å². The zero-order valence-corrected chi connectivity index (χ0v) is 8.85. The maximum atomic E-state index is 5.46. The summed E-state index contributed by atoms with van der Waals surface area (Å²) in [5.74, 6) is 5.46. The second kappa shape index (κ2) is 4.42. The average molecular weight is 204 g/mol. The molecule has 4 nitrogen and oxygen atoms in total. The van der Waals surface area contributed by atoms with Crippen molar-refractivity contribution in [2.45, 2.75) is 25.9 Å². The van der Waals surface area contributed by atoms with E-state index in [0.717, 1.165) is 24.0 Å². The highest BCUT2D eigenvalue weighted by Crippen LogP contribution is 2.12. The number of rotatable bonds is 4. The fraction of sp³-hybridized carbons (Fsp3) is 0.364. The van der Waals surface area contributed by atoms with Crippen LogP contribution in [-0.4, -0.2) is 15.6 Å². The molecule has 4 heteroatoms. The van der Waals surface area contributed by atoms with Crippen LogP contribution in [0.5, 0.6) is 0 Å². The Morgan fingerprint density at radius 3 is 3.00 bits per heavy atom. The third-order valence-corrected chi connectivity index (χ3v) is 2.67. The molecule has 0 bridgehead atoms. The minimum absolute atomic E-state index is 0.294. The Kier molecular flexibility index (Phi) is 2.99. The lowest BCUT2D eigenvalue weighted by Crippen LogP contribution is -2.37. The largest absolute Gasteiger partial charge is 0.329 e. The molecule has 0 aliphatic rings. The molecule has 0 saturated carbocycles. The van der Waals surface area contributed by atoms with Gasteiger partial charge in [-0.1, -0.05) is 19.1 Å². The Bertz CT molecular complexity index is 431. The van der Waals surface area contributed by atoms with Crippen molar-refractivity contribution in [1.29, 1.82) is 0 Å². The number of nitrogens with one attached hydrogen (secondary N) is 1. The van der Waals surface area contributed by atoms with Crippen LogP contribution >= 0.6 is 0 Å². The molecule has 1 atom stereocenters. The van der Waals surface area contributed by atoms with Gasteiger partial charge >= 0.3 is 0 Å². The second-order valence-electron chi connectivity index (χ2n) is 3.66. The van der Waals surface area contributed by atoms with Crippen LogP contribution in [0.2, 0.25) is 0 Å². The van der Waals surface area contributed by atoms with Crippen LogP contribution < -0.4 is 11.3 Å². The van der Waals surface area contributed by atoms with Gasteiger partial charge in [0.15, 0.2) is 0 Å². The number of nitrogens with two attached hydrogens (primary N) is 1. The first-order valence-electron chi connectivity index (χ1n) is 5.21. The van der Waals surface area contributed by atoms with Gasteiger partial charge in [-0.05, 0) is 18.6 Å². The van der Waals surface area contributed by atoms with E-state index in [0.29, 0.717) is 6.04 Å². The second-order valence-corrected chi connectivity index (χ2v) is 3.66. The number of hydrogen-bond donors (Lipinski definition) is 2. The standard InChI is InChI=1S/C11H16N4/c1-2-9(14-12)7-15-8-13-10-5-3-4-6-11(10)15/h3-6,8-9,14H,2,7,12H2,1H3. The maximum absolute atomic E-state index is 5.46. The summed E-state index contributed by atoms with van der Waals surface area (Å²) >= 11 is 0. The Balaban J connectivity index is 2.28. The van der Waals surface area contributed by atoms with Gasteiger partial charge < -0.3 is 4.57 Å². The number of fused-ring (bicyclic) bond motifs is 1. The van der Waals surface area contributed by atoms with Gasteiger partial charge in [0.1, 0.15) is 0 Å². The number of imidazole rings is 1. The molecule has 0 aliphatic heterocycles. The van der Waals surface area contributed by atoms with E-state index < -0.39 is 0 Å². The van der Waals surface area contributed by atoms with E-state index in [4.69, 9.17) is 5.84 Å². The van der Waals surface area contributed by atoms with Crippen molar-refractivity contribution in [2.24, 2.45) is 5.84 Å². The zero-order valence-electron chi connectivity index (χ0n) is 8.85. The first-order valence-corrected chi connectivity index (χ1v) is 5.21. The summed E-state index contributed by atoms with van der Waals surface area (Å²) in [7, 11) is 0. The molecule has 3 N–H and O–H groups in total. The maximum Gasteiger partial charge on any atom is 0.0958 e. The normalized spacial score (nSPS) is 13.2. The molecule has 80 valence electrons. The third kappa shape index (κ3) is 2.00. The van der Waals surface area contributed by atoms with Crippen molar-refractivity contribution in [2.75, 3.05) is 0 Å². The van der Waals surface area contributed by atoms with Crippen LogP contribution in [0.25, 0.3) is 11.0 Å². The number of aromatic nitrogens is 2. The Hall–Kier alpha value is -1.39. The highest BCUT2D eigenvalue weighted by Gasteiger charge is 2.07. The smallest absolute Gasteiger partial charge is 0.0958 e. The van der Waals surface area contributed by atoms with Crippen LogP contribution in [0, 0.1) is 0 Å². The Morgan fingerprint density at radius 2 is 2.27 bits per heavy atom. The van der Waals surface area contributed by atoms with Gasteiger partial charge in [0.25, 0.3) is 0 Å². The summed E-state index contributed by atoms with van der Waals surface area (Å²) < 4.78 is 2.13. The fourth-order valence-electron chi connectivity index (χ4n) is 1.69. The number of benzene rings is 1. The summed E-state index contributed by atoms with van der Waals surface area (Å²) in [5, 5.41) is 0. The van der Waals surface area contributed by atoms with Gasteiger partial charge in [-0.3, -0.25) is 11.3 Å². The molecule has 2 rings (SSSR count). The van der Waals surface area contributed by atoms with E-state index >= 15 is 0 Å². The number of hydrazine groups is 1. The number of para-hydroxylation sites is 2. The van der Waals surface area contributed by atoms with Gasteiger partial charge in [0, 0.05) is 12.6 Å². The summed E-state index contributed by atoms with van der Waals surface area (Å²) in [6.07, 6.45) is 2.87. The van der Waals surface area contributed by atoms with E-state index in [9.17, 15) is 0 Å². The van der Waals surface area contributed by atoms with E-state index in [1.54, 1.807) is 0 Å². The molecule has 1 heterocycles. The molecule has 2 aromatic rings. The van der Waals surface area contributed by atoms with E-state index in [1.807, 2.05) is 24.5 Å². The first kappa shape index (κ1) is 10.1. The highest BCUT2D eigenvalue weighted by atomic mass is 15.2. The van der Waals surface area contributed by atoms with Gasteiger partial charge in [-0.25, -0.2) is 4.98 Å². The van der Waals surface area contributed by atoms with Crippen molar-refractivity contribution in [3.05, 3.63) is 30.6 Å². The quantitative estimate of drug-likeness (QED) is 0.582. The summed E-state index contributed by atoms with van der Waals surface area (Å²) in [6, 6.07) is 8.41. The Morgan fingerprint density at radius 1 is 1.47 bits per heavy atom. The molecule has 1 aromatic heterocycles. The first-order chi connectivity index (χ1) is 7.35. The zero-order chi connectivity index (χ0) is 10.7. The topological polar surface area (TPSA) is 55.9 Å². The van der Waals surface area contributed by atoms with Crippen LogP contribution in [0.3, 0.4) is 0 Å². The van der Waals surface area contributed by atoms with Crippen LogP contribution in [0.4, 0.5) is 0 Å². The van der Waals surface area contributed by atoms with Crippen molar-refractivity contribution in [3.8, 4) is 0 Å². The molecule has 0 saturated heterocycles. The minimum Gasteiger partial charge on any atom is -0.329 e. The fourth-order valence-corrected chi connectivity index (χ4v) is 1.69. The SMILES string of the molecule is CCC(Cn1cnc2ccccc21)NN. The van der Waals surface area contributed by atoms with E-state index in [1.165, 1.54) is 0 Å². The molecule has 0 fully saturated rings. The summed E-state index contributed by atoms with van der Waals surface area (Å²) in [5.41, 5.74) is 5.00. The van der Waals surface area contributed by atoms with Crippen LogP contribution in [0.1, 0.15) is 13.3 Å². The molecule has 0 aliphatic carbocycles. The number of hydrogen-bond acceptors (Lipinski definition) is 3. The predicted octanol–water partition coefficient (Wildman–Crippen LogP) is 1.28. The molecular weight excluding hydrogens is 188 g/mol. The monoisotopic (exact) mass is 204 g/mol. The molecule has 0 spiro atoms. The lowest BCUT2D eigenvalue weighted by Gasteiger charge is -2.14. The van der Waals surface area contributed by atoms with Crippen molar-refractivity contribution >= 4 is 11.0 Å². The molecule has 15 heavy (non-hydrogen) atoms. The molecule has 1 aromatic carbocycles. The summed E-state index contributed by atoms with van der Waals surface area (Å²) in [6.45, 7) is 2.97. The lowest BCUT2D eigenvalue weighted by atomic mass is 10.2. The van der Waals surface area contributed by atoms with Crippen LogP contribution in [-0.2, 0) is 6.54 Å². The van der Waals surface area contributed by atoms with Gasteiger partial charge in [0.05, 0.1) is 17.4 Å². The third-order valence-electron chi connectivity index (χ3n) is 2.67. The lowest BCUT2D eigenvalue weighted by molar-refractivity contribution is 0.451. The average Bonchev–Trinajstić information content (AvgIpc) is 2.69. The van der Waals surface area contributed by atoms with Crippen molar-refractivity contribution in [1.82, 2.24) is 15.0 Å². The molecule has 0 amide bonds.